The Bertz CT molecular complexity index is 1030. The number of nitrogens with zero attached hydrogens (tertiary/aromatic N) is 1. The second kappa shape index (κ2) is 7.86. The van der Waals surface area contributed by atoms with Gasteiger partial charge >= 0.3 is 0 Å². The van der Waals surface area contributed by atoms with Crippen molar-refractivity contribution in [2.75, 3.05) is 0 Å². The number of hydrogen-bond acceptors (Lipinski definition) is 5. The topological polar surface area (TPSA) is 60.2 Å². The number of hydrogen-bond donors (Lipinski definition) is 0. The highest BCUT2D eigenvalue weighted by atomic mass is 32.2. The molecule has 1 unspecified atom stereocenters. The van der Waals surface area contributed by atoms with Gasteiger partial charge < -0.3 is 4.42 Å². The third-order valence-corrected chi connectivity index (χ3v) is 7.16. The minimum atomic E-state index is -3.84. The molecular weight excluding hydrogens is 385 g/mol. The van der Waals surface area contributed by atoms with Crippen LogP contribution in [0.15, 0.2) is 68.0 Å². The number of thioether (sulfide) groups is 1. The van der Waals surface area contributed by atoms with E-state index in [-0.39, 0.29) is 32.0 Å². The van der Waals surface area contributed by atoms with Gasteiger partial charge in [-0.1, -0.05) is 43.3 Å². The molecule has 0 saturated carbocycles. The number of sulfone groups is 1. The molecule has 0 saturated heterocycles. The molecule has 0 amide bonds. The molecule has 0 fully saturated rings. The van der Waals surface area contributed by atoms with Crippen molar-refractivity contribution >= 4 is 21.6 Å². The average Bonchev–Trinajstić information content (AvgIpc) is 3.07. The van der Waals surface area contributed by atoms with E-state index in [1.165, 1.54) is 36.0 Å². The van der Waals surface area contributed by atoms with Crippen molar-refractivity contribution in [1.82, 2.24) is 4.98 Å². The molecule has 0 aliphatic carbocycles. The van der Waals surface area contributed by atoms with E-state index in [2.05, 4.69) is 4.98 Å². The Labute approximate surface area is 162 Å². The summed E-state index contributed by atoms with van der Waals surface area (Å²) in [5.41, 5.74) is 1.49. The minimum Gasteiger partial charge on any atom is -0.428 e. The molecule has 4 nitrogen and oxygen atoms in total. The van der Waals surface area contributed by atoms with Crippen molar-refractivity contribution < 1.29 is 17.2 Å². The highest BCUT2D eigenvalue weighted by molar-refractivity contribution is 8.00. The van der Waals surface area contributed by atoms with E-state index < -0.39 is 9.84 Å². The van der Waals surface area contributed by atoms with Gasteiger partial charge in [0.05, 0.1) is 4.90 Å². The molecule has 1 atom stereocenters. The summed E-state index contributed by atoms with van der Waals surface area (Å²) in [7, 11) is -3.84. The van der Waals surface area contributed by atoms with Crippen LogP contribution >= 0.6 is 11.8 Å². The second-order valence-electron chi connectivity index (χ2n) is 6.27. The molecule has 0 spiro atoms. The normalized spacial score (nSPS) is 12.9. The maximum absolute atomic E-state index is 13.2. The lowest BCUT2D eigenvalue weighted by atomic mass is 10.2. The van der Waals surface area contributed by atoms with Crippen molar-refractivity contribution in [3.05, 3.63) is 59.9 Å². The predicted octanol–water partition coefficient (Wildman–Crippen LogP) is 5.51. The Morgan fingerprint density at radius 3 is 2.33 bits per heavy atom. The van der Waals surface area contributed by atoms with Crippen LogP contribution in [0.4, 0.5) is 4.39 Å². The van der Waals surface area contributed by atoms with Gasteiger partial charge in [-0.25, -0.2) is 12.8 Å². The summed E-state index contributed by atoms with van der Waals surface area (Å²) in [5, 5.41) is 0.311. The maximum Gasteiger partial charge on any atom is 0.228 e. The summed E-state index contributed by atoms with van der Waals surface area (Å²) in [6, 6.07) is 12.2. The van der Waals surface area contributed by atoms with Crippen molar-refractivity contribution in [2.24, 2.45) is 0 Å². The second-order valence-corrected chi connectivity index (χ2v) is 9.55. The summed E-state index contributed by atoms with van der Waals surface area (Å²) in [6.45, 7) is 5.90. The van der Waals surface area contributed by atoms with E-state index in [1.54, 1.807) is 24.3 Å². The number of aryl methyl sites for hydroxylation is 1. The fraction of sp³-hybridized carbons (Fsp3) is 0.250. The van der Waals surface area contributed by atoms with E-state index in [0.29, 0.717) is 5.56 Å². The summed E-state index contributed by atoms with van der Waals surface area (Å²) >= 11 is 1.33. The highest BCUT2D eigenvalue weighted by Gasteiger charge is 2.29. The Kier molecular flexibility index (Phi) is 5.72. The van der Waals surface area contributed by atoms with Gasteiger partial charge in [0.15, 0.2) is 0 Å². The van der Waals surface area contributed by atoms with E-state index >= 15 is 0 Å². The summed E-state index contributed by atoms with van der Waals surface area (Å²) in [5.74, 6) is -0.224. The fourth-order valence-electron chi connectivity index (χ4n) is 2.35. The Morgan fingerprint density at radius 1 is 1.11 bits per heavy atom. The zero-order valence-electron chi connectivity index (χ0n) is 15.3. The Hall–Kier alpha value is -2.12. The molecule has 0 bridgehead atoms. The van der Waals surface area contributed by atoms with Gasteiger partial charge in [0.25, 0.3) is 0 Å². The fourth-order valence-corrected chi connectivity index (χ4v) is 4.81. The van der Waals surface area contributed by atoms with Crippen LogP contribution in [-0.4, -0.2) is 18.7 Å². The Morgan fingerprint density at radius 2 is 1.74 bits per heavy atom. The third-order valence-electron chi connectivity index (χ3n) is 4.13. The highest BCUT2D eigenvalue weighted by Crippen LogP contribution is 2.37. The minimum absolute atomic E-state index is 0.101. The summed E-state index contributed by atoms with van der Waals surface area (Å²) < 4.78 is 45.3. The predicted molar refractivity (Wildman–Crippen MR) is 104 cm³/mol. The number of oxazole rings is 1. The van der Waals surface area contributed by atoms with Crippen LogP contribution in [0.25, 0.3) is 11.5 Å². The van der Waals surface area contributed by atoms with Crippen LogP contribution in [0.1, 0.15) is 25.8 Å². The van der Waals surface area contributed by atoms with Crippen molar-refractivity contribution in [2.45, 2.75) is 47.5 Å². The molecular formula is C20H20FNO3S2. The zero-order chi connectivity index (χ0) is 19.6. The lowest BCUT2D eigenvalue weighted by molar-refractivity contribution is 0.469. The van der Waals surface area contributed by atoms with E-state index in [1.807, 2.05) is 20.8 Å². The molecule has 0 aliphatic rings. The molecule has 0 aliphatic heterocycles. The molecule has 0 radical (unpaired) electrons. The van der Waals surface area contributed by atoms with Crippen molar-refractivity contribution in [3.63, 3.8) is 0 Å². The van der Waals surface area contributed by atoms with Crippen LogP contribution < -0.4 is 0 Å². The number of rotatable bonds is 6. The van der Waals surface area contributed by atoms with Gasteiger partial charge in [-0.3, -0.25) is 0 Å². The van der Waals surface area contributed by atoms with Gasteiger partial charge in [-0.2, -0.15) is 4.98 Å². The quantitative estimate of drug-likeness (QED) is 0.506. The van der Waals surface area contributed by atoms with Crippen LogP contribution in [0.2, 0.25) is 0 Å². The van der Waals surface area contributed by atoms with Crippen LogP contribution in [-0.2, 0) is 9.84 Å². The lowest BCUT2D eigenvalue weighted by Crippen LogP contribution is -2.05. The first-order chi connectivity index (χ1) is 12.8. The molecule has 3 aromatic rings. The van der Waals surface area contributed by atoms with Crippen molar-refractivity contribution in [3.8, 4) is 11.5 Å². The monoisotopic (exact) mass is 405 g/mol. The maximum atomic E-state index is 13.2. The molecule has 1 heterocycles. The number of aromatic nitrogens is 1. The first kappa shape index (κ1) is 19.6. The van der Waals surface area contributed by atoms with E-state index in [4.69, 9.17) is 4.42 Å². The Balaban J connectivity index is 2.11. The van der Waals surface area contributed by atoms with Crippen LogP contribution in [0.5, 0.6) is 0 Å². The molecule has 2 aromatic carbocycles. The van der Waals surface area contributed by atoms with Crippen molar-refractivity contribution in [1.29, 1.82) is 0 Å². The van der Waals surface area contributed by atoms with Gasteiger partial charge in [0.1, 0.15) is 5.82 Å². The first-order valence-electron chi connectivity index (χ1n) is 8.56. The third kappa shape index (κ3) is 4.25. The SMILES string of the molecule is CCC(C)Sc1oc(-c2ccc(F)cc2)nc1S(=O)(=O)c1ccc(C)cc1. The number of benzene rings is 2. The molecule has 142 valence electrons. The van der Waals surface area contributed by atoms with Crippen LogP contribution in [0.3, 0.4) is 0 Å². The largest absolute Gasteiger partial charge is 0.428 e. The van der Waals surface area contributed by atoms with E-state index in [9.17, 15) is 12.8 Å². The summed E-state index contributed by atoms with van der Waals surface area (Å²) in [6.07, 6.45) is 0.848. The van der Waals surface area contributed by atoms with Gasteiger partial charge in [-0.15, -0.1) is 0 Å². The zero-order valence-corrected chi connectivity index (χ0v) is 16.9. The lowest BCUT2D eigenvalue weighted by Gasteiger charge is -2.07. The molecule has 27 heavy (non-hydrogen) atoms. The molecule has 3 rings (SSSR count). The van der Waals surface area contributed by atoms with Crippen LogP contribution in [0, 0.1) is 12.7 Å². The number of halogens is 1. The first-order valence-corrected chi connectivity index (χ1v) is 10.9. The molecule has 1 aromatic heterocycles. The summed E-state index contributed by atoms with van der Waals surface area (Å²) in [4.78, 5) is 4.43. The average molecular weight is 406 g/mol. The molecule has 7 heteroatoms. The van der Waals surface area contributed by atoms with Gasteiger partial charge in [-0.05, 0) is 49.7 Å². The van der Waals surface area contributed by atoms with Gasteiger partial charge in [0.2, 0.25) is 25.8 Å². The van der Waals surface area contributed by atoms with Gasteiger partial charge in [0, 0.05) is 10.8 Å². The molecule has 0 N–H and O–H groups in total. The smallest absolute Gasteiger partial charge is 0.228 e. The van der Waals surface area contributed by atoms with E-state index in [0.717, 1.165) is 12.0 Å². The standard InChI is InChI=1S/C20H20FNO3S2/c1-4-14(3)26-20-19(27(23,24)17-11-5-13(2)6-12-17)22-18(25-20)15-7-9-16(21)10-8-15/h5-12,14H,4H2,1-3H3.